The van der Waals surface area contributed by atoms with Crippen LogP contribution in [-0.2, 0) is 6.42 Å². The number of aromatic carboxylic acids is 1. The molecule has 10 heteroatoms. The molecule has 5 rings (SSSR count). The van der Waals surface area contributed by atoms with Gasteiger partial charge in [-0.3, -0.25) is 0 Å². The maximum absolute atomic E-state index is 11.1. The molecule has 206 valence electrons. The molecule has 4 N–H and O–H groups in total. The van der Waals surface area contributed by atoms with Gasteiger partial charge >= 0.3 is 5.97 Å². The second-order valence-corrected chi connectivity index (χ2v) is 10.1. The summed E-state index contributed by atoms with van der Waals surface area (Å²) in [7, 11) is 0. The number of β-amino-alcohol motifs (C(OH)–C–C–N with tert-alkyl or cyclic N) is 1. The minimum Gasteiger partial charge on any atom is -0.490 e. The highest BCUT2D eigenvalue weighted by Gasteiger charge is 2.22. The Morgan fingerprint density at radius 1 is 1.10 bits per heavy atom. The first-order valence-corrected chi connectivity index (χ1v) is 12.8. The number of aliphatic hydroxyl groups is 1. The monoisotopic (exact) mass is 542 g/mol. The number of para-hydroxylation sites is 2. The van der Waals surface area contributed by atoms with E-state index in [0.717, 1.165) is 22.0 Å². The van der Waals surface area contributed by atoms with E-state index in [1.807, 2.05) is 48.7 Å². The molecule has 0 saturated carbocycles. The second-order valence-electron chi connectivity index (χ2n) is 10.1. The molecule has 0 aliphatic carbocycles. The number of benzene rings is 2. The van der Waals surface area contributed by atoms with Crippen LogP contribution in [0.1, 0.15) is 29.8 Å². The zero-order valence-electron chi connectivity index (χ0n) is 22.1. The standard InChI is InChI=1S/C30H30N4O6/c1-30(2,33-17-21(35)18-38-25-8-4-3-6-23(25)24-12-13-39-34-24)14-20-16-32-28-22(20)7-5-9-26(28)40-27-11-10-19(15-31-27)29(36)37/h3-13,15-16,21,32-33,35H,14,17-18H2,1-2H3,(H,36,37)/t21-/m0/s1. The van der Waals surface area contributed by atoms with Gasteiger partial charge in [-0.1, -0.05) is 29.4 Å². The predicted octanol–water partition coefficient (Wildman–Crippen LogP) is 5.06. The highest BCUT2D eigenvalue weighted by Crippen LogP contribution is 2.32. The Morgan fingerprint density at radius 2 is 1.93 bits per heavy atom. The van der Waals surface area contributed by atoms with Crippen LogP contribution in [0.25, 0.3) is 22.2 Å². The van der Waals surface area contributed by atoms with Crippen molar-refractivity contribution in [2.45, 2.75) is 31.9 Å². The minimum absolute atomic E-state index is 0.0931. The van der Waals surface area contributed by atoms with Gasteiger partial charge in [-0.05, 0) is 50.1 Å². The van der Waals surface area contributed by atoms with Gasteiger partial charge in [0.05, 0.1) is 11.1 Å². The van der Waals surface area contributed by atoms with E-state index in [2.05, 4.69) is 34.3 Å². The van der Waals surface area contributed by atoms with Crippen LogP contribution in [0.4, 0.5) is 0 Å². The summed E-state index contributed by atoms with van der Waals surface area (Å²) in [6, 6.07) is 18.0. The molecular formula is C30H30N4O6. The van der Waals surface area contributed by atoms with Crippen molar-refractivity contribution in [3.8, 4) is 28.6 Å². The average Bonchev–Trinajstić information content (AvgIpc) is 3.62. The maximum atomic E-state index is 11.1. The highest BCUT2D eigenvalue weighted by atomic mass is 16.5. The number of carbonyl (C=O) groups is 1. The van der Waals surface area contributed by atoms with Crippen LogP contribution in [0.5, 0.6) is 17.4 Å². The third-order valence-corrected chi connectivity index (χ3v) is 6.44. The number of fused-ring (bicyclic) bond motifs is 1. The fourth-order valence-corrected chi connectivity index (χ4v) is 4.43. The molecule has 10 nitrogen and oxygen atoms in total. The Kier molecular flexibility index (Phi) is 7.81. The topological polar surface area (TPSA) is 143 Å². The molecule has 40 heavy (non-hydrogen) atoms. The van der Waals surface area contributed by atoms with E-state index >= 15 is 0 Å². The molecule has 0 aliphatic heterocycles. The fraction of sp³-hybridized carbons (Fsp3) is 0.233. The first-order chi connectivity index (χ1) is 19.3. The molecule has 0 saturated heterocycles. The summed E-state index contributed by atoms with van der Waals surface area (Å²) < 4.78 is 16.8. The Bertz CT molecular complexity index is 1580. The molecule has 0 amide bonds. The van der Waals surface area contributed by atoms with Gasteiger partial charge in [0.15, 0.2) is 5.75 Å². The first kappa shape index (κ1) is 26.9. The van der Waals surface area contributed by atoms with E-state index in [-0.39, 0.29) is 17.7 Å². The van der Waals surface area contributed by atoms with Gasteiger partial charge in [0, 0.05) is 47.6 Å². The summed E-state index contributed by atoms with van der Waals surface area (Å²) >= 11 is 0. The third-order valence-electron chi connectivity index (χ3n) is 6.44. The number of H-pyrrole nitrogens is 1. The molecule has 0 fully saturated rings. The van der Waals surface area contributed by atoms with E-state index in [4.69, 9.17) is 19.1 Å². The first-order valence-electron chi connectivity index (χ1n) is 12.8. The second kappa shape index (κ2) is 11.6. The zero-order chi connectivity index (χ0) is 28.1. The van der Waals surface area contributed by atoms with E-state index in [9.17, 15) is 9.90 Å². The van der Waals surface area contributed by atoms with Crippen molar-refractivity contribution < 1.29 is 29.0 Å². The molecule has 0 unspecified atom stereocenters. The lowest BCUT2D eigenvalue weighted by Crippen LogP contribution is -2.46. The quantitative estimate of drug-likeness (QED) is 0.170. The smallest absolute Gasteiger partial charge is 0.337 e. The van der Waals surface area contributed by atoms with Gasteiger partial charge in [-0.25, -0.2) is 9.78 Å². The Morgan fingerprint density at radius 3 is 2.67 bits per heavy atom. The Labute approximate surface area is 230 Å². The maximum Gasteiger partial charge on any atom is 0.337 e. The molecule has 3 aromatic heterocycles. The zero-order valence-corrected chi connectivity index (χ0v) is 22.1. The van der Waals surface area contributed by atoms with Gasteiger partial charge < -0.3 is 34.5 Å². The SMILES string of the molecule is CC(C)(Cc1c[nH]c2c(Oc3ccc(C(=O)O)cn3)cccc12)NC[C@H](O)COc1ccccc1-c1ccon1. The van der Waals surface area contributed by atoms with Crippen molar-refractivity contribution in [1.29, 1.82) is 0 Å². The Balaban J connectivity index is 1.19. The summed E-state index contributed by atoms with van der Waals surface area (Å²) in [5.41, 5.74) is 3.13. The van der Waals surface area contributed by atoms with E-state index in [0.29, 0.717) is 36.0 Å². The summed E-state index contributed by atoms with van der Waals surface area (Å²) in [6.45, 7) is 4.61. The van der Waals surface area contributed by atoms with Crippen LogP contribution < -0.4 is 14.8 Å². The number of aliphatic hydroxyl groups excluding tert-OH is 1. The molecule has 2 aromatic carbocycles. The fourth-order valence-electron chi connectivity index (χ4n) is 4.43. The molecule has 0 bridgehead atoms. The van der Waals surface area contributed by atoms with Crippen LogP contribution in [0.2, 0.25) is 0 Å². The van der Waals surface area contributed by atoms with E-state index in [1.165, 1.54) is 24.6 Å². The molecule has 0 radical (unpaired) electrons. The lowest BCUT2D eigenvalue weighted by Gasteiger charge is -2.28. The average molecular weight is 543 g/mol. The van der Waals surface area contributed by atoms with Crippen molar-refractivity contribution in [3.63, 3.8) is 0 Å². The molecule has 0 spiro atoms. The van der Waals surface area contributed by atoms with Crippen LogP contribution in [0.15, 0.2) is 83.8 Å². The van der Waals surface area contributed by atoms with Crippen molar-refractivity contribution in [2.75, 3.05) is 13.2 Å². The number of nitrogens with one attached hydrogen (secondary N) is 2. The number of ether oxygens (including phenoxy) is 2. The minimum atomic E-state index is -1.04. The summed E-state index contributed by atoms with van der Waals surface area (Å²) in [5.74, 6) is 0.471. The molecule has 3 heterocycles. The number of rotatable bonds is 12. The number of aromatic amines is 1. The highest BCUT2D eigenvalue weighted by molar-refractivity contribution is 5.89. The number of carboxylic acids is 1. The van der Waals surface area contributed by atoms with Gasteiger partial charge in [-0.2, -0.15) is 0 Å². The molecule has 0 aliphatic rings. The lowest BCUT2D eigenvalue weighted by atomic mass is 9.94. The van der Waals surface area contributed by atoms with Crippen molar-refractivity contribution >= 4 is 16.9 Å². The van der Waals surface area contributed by atoms with Crippen molar-refractivity contribution in [3.05, 3.63) is 90.4 Å². The molecular weight excluding hydrogens is 512 g/mol. The number of hydrogen-bond donors (Lipinski definition) is 4. The number of nitrogens with zero attached hydrogens (tertiary/aromatic N) is 2. The number of pyridine rings is 1. The largest absolute Gasteiger partial charge is 0.490 e. The molecule has 5 aromatic rings. The summed E-state index contributed by atoms with van der Waals surface area (Å²) in [6.07, 6.45) is 4.67. The van der Waals surface area contributed by atoms with Crippen LogP contribution in [0.3, 0.4) is 0 Å². The van der Waals surface area contributed by atoms with Gasteiger partial charge in [-0.15, -0.1) is 0 Å². The normalized spacial score (nSPS) is 12.4. The van der Waals surface area contributed by atoms with E-state index in [1.54, 1.807) is 6.07 Å². The molecule has 1 atom stereocenters. The summed E-state index contributed by atoms with van der Waals surface area (Å²) in [4.78, 5) is 18.5. The van der Waals surface area contributed by atoms with E-state index < -0.39 is 12.1 Å². The lowest BCUT2D eigenvalue weighted by molar-refractivity contribution is 0.0696. The van der Waals surface area contributed by atoms with Crippen molar-refractivity contribution in [2.24, 2.45) is 0 Å². The van der Waals surface area contributed by atoms with Crippen LogP contribution in [0, 0.1) is 0 Å². The van der Waals surface area contributed by atoms with Gasteiger partial charge in [0.2, 0.25) is 5.88 Å². The number of hydrogen-bond acceptors (Lipinski definition) is 8. The Hall–Kier alpha value is -4.67. The number of aromatic nitrogens is 3. The third kappa shape index (κ3) is 6.31. The van der Waals surface area contributed by atoms with Gasteiger partial charge in [0.1, 0.15) is 30.4 Å². The van der Waals surface area contributed by atoms with Crippen molar-refractivity contribution in [1.82, 2.24) is 20.4 Å². The van der Waals surface area contributed by atoms with Crippen LogP contribution in [-0.4, -0.2) is 56.1 Å². The predicted molar refractivity (Wildman–Crippen MR) is 149 cm³/mol. The van der Waals surface area contributed by atoms with Gasteiger partial charge in [0.25, 0.3) is 0 Å². The summed E-state index contributed by atoms with van der Waals surface area (Å²) in [5, 5.41) is 28.1. The van der Waals surface area contributed by atoms with Crippen LogP contribution >= 0.6 is 0 Å². The number of carboxylic acid groups (broad SMARTS) is 1.